The van der Waals surface area contributed by atoms with Crippen LogP contribution in [0.1, 0.15) is 76.5 Å². The lowest BCUT2D eigenvalue weighted by atomic mass is 9.85. The Labute approximate surface area is 125 Å². The van der Waals surface area contributed by atoms with E-state index in [1.807, 2.05) is 0 Å². The maximum absolute atomic E-state index is 3.50. The molecule has 0 spiro atoms. The highest BCUT2D eigenvalue weighted by Gasteiger charge is 2.18. The van der Waals surface area contributed by atoms with Gasteiger partial charge in [-0.25, -0.2) is 0 Å². The van der Waals surface area contributed by atoms with E-state index in [4.69, 9.17) is 0 Å². The van der Waals surface area contributed by atoms with Crippen molar-refractivity contribution in [2.75, 3.05) is 7.05 Å². The number of rotatable bonds is 5. The SMILES string of the molecule is CNC(CCC1CCCC1)c1ccc(C(C)(C)C)cc1. The van der Waals surface area contributed by atoms with Crippen molar-refractivity contribution in [1.29, 1.82) is 0 Å². The lowest BCUT2D eigenvalue weighted by Gasteiger charge is -2.22. The smallest absolute Gasteiger partial charge is 0.0317 e. The monoisotopic (exact) mass is 273 g/mol. The van der Waals surface area contributed by atoms with E-state index in [1.54, 1.807) is 0 Å². The third-order valence-electron chi connectivity index (χ3n) is 4.87. The maximum atomic E-state index is 3.50. The molecule has 1 aliphatic rings. The molecule has 2 rings (SSSR count). The first kappa shape index (κ1) is 15.6. The molecule has 112 valence electrons. The van der Waals surface area contributed by atoms with Crippen molar-refractivity contribution < 1.29 is 0 Å². The Hall–Kier alpha value is -0.820. The fourth-order valence-corrected chi connectivity index (χ4v) is 3.39. The molecule has 0 aromatic heterocycles. The van der Waals surface area contributed by atoms with Gasteiger partial charge in [0.05, 0.1) is 0 Å². The molecule has 0 saturated heterocycles. The molecule has 1 aliphatic carbocycles. The van der Waals surface area contributed by atoms with Gasteiger partial charge >= 0.3 is 0 Å². The Kier molecular flexibility index (Phi) is 5.26. The van der Waals surface area contributed by atoms with Crippen LogP contribution >= 0.6 is 0 Å². The van der Waals surface area contributed by atoms with Gasteiger partial charge in [0.2, 0.25) is 0 Å². The first-order chi connectivity index (χ1) is 9.50. The standard InChI is InChI=1S/C19H31N/c1-19(2,3)17-12-10-16(11-13-17)18(20-4)14-9-15-7-5-6-8-15/h10-13,15,18,20H,5-9,14H2,1-4H3. The van der Waals surface area contributed by atoms with Crippen LogP contribution in [0.25, 0.3) is 0 Å². The summed E-state index contributed by atoms with van der Waals surface area (Å²) in [5.41, 5.74) is 3.11. The Morgan fingerprint density at radius 3 is 2.20 bits per heavy atom. The Morgan fingerprint density at radius 2 is 1.70 bits per heavy atom. The van der Waals surface area contributed by atoms with E-state index in [1.165, 1.54) is 49.7 Å². The zero-order valence-corrected chi connectivity index (χ0v) is 13.7. The van der Waals surface area contributed by atoms with Crippen LogP contribution in [0.3, 0.4) is 0 Å². The maximum Gasteiger partial charge on any atom is 0.0317 e. The van der Waals surface area contributed by atoms with Crippen molar-refractivity contribution in [3.8, 4) is 0 Å². The lowest BCUT2D eigenvalue weighted by molar-refractivity contribution is 0.427. The van der Waals surface area contributed by atoms with Crippen molar-refractivity contribution in [2.24, 2.45) is 5.92 Å². The normalized spacial score (nSPS) is 18.4. The van der Waals surface area contributed by atoms with Crippen LogP contribution in [-0.2, 0) is 5.41 Å². The highest BCUT2D eigenvalue weighted by atomic mass is 14.9. The molecule has 1 aromatic rings. The minimum Gasteiger partial charge on any atom is -0.313 e. The molecule has 1 fully saturated rings. The summed E-state index contributed by atoms with van der Waals surface area (Å²) < 4.78 is 0. The molecule has 1 heteroatoms. The summed E-state index contributed by atoms with van der Waals surface area (Å²) in [5, 5.41) is 3.50. The topological polar surface area (TPSA) is 12.0 Å². The van der Waals surface area contributed by atoms with Crippen molar-refractivity contribution in [3.63, 3.8) is 0 Å². The van der Waals surface area contributed by atoms with E-state index < -0.39 is 0 Å². The second-order valence-corrected chi connectivity index (χ2v) is 7.44. The van der Waals surface area contributed by atoms with Gasteiger partial charge in [0.1, 0.15) is 0 Å². The third-order valence-corrected chi connectivity index (χ3v) is 4.87. The van der Waals surface area contributed by atoms with Crippen LogP contribution in [0.4, 0.5) is 0 Å². The quantitative estimate of drug-likeness (QED) is 0.776. The summed E-state index contributed by atoms with van der Waals surface area (Å²) in [6.45, 7) is 6.83. The number of hydrogen-bond donors (Lipinski definition) is 1. The van der Waals surface area contributed by atoms with Gasteiger partial charge in [0.15, 0.2) is 0 Å². The Morgan fingerprint density at radius 1 is 1.10 bits per heavy atom. The minimum absolute atomic E-state index is 0.248. The van der Waals surface area contributed by atoms with Gasteiger partial charge in [-0.1, -0.05) is 70.7 Å². The van der Waals surface area contributed by atoms with E-state index in [-0.39, 0.29) is 5.41 Å². The summed E-state index contributed by atoms with van der Waals surface area (Å²) in [7, 11) is 2.09. The molecule has 1 unspecified atom stereocenters. The molecule has 0 radical (unpaired) electrons. The highest BCUT2D eigenvalue weighted by molar-refractivity contribution is 5.29. The third kappa shape index (κ3) is 4.09. The zero-order valence-electron chi connectivity index (χ0n) is 13.7. The van der Waals surface area contributed by atoms with Gasteiger partial charge in [-0.05, 0) is 42.3 Å². The largest absolute Gasteiger partial charge is 0.313 e. The first-order valence-electron chi connectivity index (χ1n) is 8.28. The van der Waals surface area contributed by atoms with E-state index in [0.29, 0.717) is 6.04 Å². The molecule has 1 saturated carbocycles. The molecular formula is C19H31N. The lowest BCUT2D eigenvalue weighted by Crippen LogP contribution is -2.18. The van der Waals surface area contributed by atoms with Crippen LogP contribution in [0.5, 0.6) is 0 Å². The molecule has 0 amide bonds. The van der Waals surface area contributed by atoms with Gasteiger partial charge in [0.25, 0.3) is 0 Å². The van der Waals surface area contributed by atoms with E-state index >= 15 is 0 Å². The molecule has 0 bridgehead atoms. The van der Waals surface area contributed by atoms with Crippen LogP contribution in [0.15, 0.2) is 24.3 Å². The van der Waals surface area contributed by atoms with Gasteiger partial charge < -0.3 is 5.32 Å². The summed E-state index contributed by atoms with van der Waals surface area (Å²) in [6.07, 6.45) is 8.48. The first-order valence-corrected chi connectivity index (χ1v) is 8.28. The predicted octanol–water partition coefficient (Wildman–Crippen LogP) is 5.22. The molecule has 1 aromatic carbocycles. The number of benzene rings is 1. The molecule has 0 aliphatic heterocycles. The molecule has 1 N–H and O–H groups in total. The van der Waals surface area contributed by atoms with Gasteiger partial charge in [0, 0.05) is 6.04 Å². The average Bonchev–Trinajstić information content (AvgIpc) is 2.92. The fourth-order valence-electron chi connectivity index (χ4n) is 3.39. The molecule has 0 heterocycles. The van der Waals surface area contributed by atoms with Crippen molar-refractivity contribution >= 4 is 0 Å². The highest BCUT2D eigenvalue weighted by Crippen LogP contribution is 2.32. The van der Waals surface area contributed by atoms with E-state index in [2.05, 4.69) is 57.4 Å². The van der Waals surface area contributed by atoms with Crippen LogP contribution in [-0.4, -0.2) is 7.05 Å². The average molecular weight is 273 g/mol. The van der Waals surface area contributed by atoms with E-state index in [0.717, 1.165) is 5.92 Å². The Balaban J connectivity index is 1.96. The van der Waals surface area contributed by atoms with Crippen LogP contribution < -0.4 is 5.32 Å². The predicted molar refractivity (Wildman–Crippen MR) is 88.1 cm³/mol. The molecule has 1 atom stereocenters. The van der Waals surface area contributed by atoms with E-state index in [9.17, 15) is 0 Å². The number of nitrogens with one attached hydrogen (secondary N) is 1. The zero-order chi connectivity index (χ0) is 14.6. The summed E-state index contributed by atoms with van der Waals surface area (Å²) in [6, 6.07) is 9.75. The minimum atomic E-state index is 0.248. The van der Waals surface area contributed by atoms with Gasteiger partial charge in [-0.15, -0.1) is 0 Å². The summed E-state index contributed by atoms with van der Waals surface area (Å²) in [4.78, 5) is 0. The fraction of sp³-hybridized carbons (Fsp3) is 0.684. The van der Waals surface area contributed by atoms with Crippen molar-refractivity contribution in [2.45, 2.75) is 70.8 Å². The summed E-state index contributed by atoms with van der Waals surface area (Å²) >= 11 is 0. The van der Waals surface area contributed by atoms with Gasteiger partial charge in [-0.3, -0.25) is 0 Å². The molecule has 1 nitrogen and oxygen atoms in total. The van der Waals surface area contributed by atoms with Crippen molar-refractivity contribution in [3.05, 3.63) is 35.4 Å². The summed E-state index contributed by atoms with van der Waals surface area (Å²) in [5.74, 6) is 0.986. The van der Waals surface area contributed by atoms with Crippen LogP contribution in [0.2, 0.25) is 0 Å². The van der Waals surface area contributed by atoms with Crippen molar-refractivity contribution in [1.82, 2.24) is 5.32 Å². The molecular weight excluding hydrogens is 242 g/mol. The second kappa shape index (κ2) is 6.76. The van der Waals surface area contributed by atoms with Crippen LogP contribution in [0, 0.1) is 5.92 Å². The Bertz CT molecular complexity index is 393. The van der Waals surface area contributed by atoms with Gasteiger partial charge in [-0.2, -0.15) is 0 Å². The second-order valence-electron chi connectivity index (χ2n) is 7.44. The molecule has 20 heavy (non-hydrogen) atoms. The number of hydrogen-bond acceptors (Lipinski definition) is 1.